The van der Waals surface area contributed by atoms with Gasteiger partial charge in [0.15, 0.2) is 0 Å². The molecule has 0 amide bonds. The van der Waals surface area contributed by atoms with Gasteiger partial charge in [0.05, 0.1) is 4.47 Å². The van der Waals surface area contributed by atoms with Gasteiger partial charge in [0.25, 0.3) is 0 Å². The molecule has 2 rings (SSSR count). The van der Waals surface area contributed by atoms with E-state index < -0.39 is 11.6 Å². The third-order valence-corrected chi connectivity index (χ3v) is 4.01. The molecule has 1 aromatic rings. The summed E-state index contributed by atoms with van der Waals surface area (Å²) < 4.78 is 27.8. The molecule has 4 heteroatoms. The van der Waals surface area contributed by atoms with Crippen LogP contribution >= 0.6 is 15.9 Å². The fraction of sp³-hybridized carbons (Fsp3) is 0.538. The molecule has 1 fully saturated rings. The van der Waals surface area contributed by atoms with E-state index in [1.165, 1.54) is 12.1 Å². The van der Waals surface area contributed by atoms with Crippen LogP contribution in [0.3, 0.4) is 0 Å². The number of hydrogen-bond acceptors (Lipinski definition) is 1. The summed E-state index contributed by atoms with van der Waals surface area (Å²) in [5.41, 5.74) is 0.285. The van der Waals surface area contributed by atoms with Crippen molar-refractivity contribution in [3.8, 4) is 0 Å². The molecule has 1 saturated carbocycles. The van der Waals surface area contributed by atoms with E-state index in [4.69, 9.17) is 0 Å². The van der Waals surface area contributed by atoms with Crippen LogP contribution in [0.2, 0.25) is 0 Å². The van der Waals surface area contributed by atoms with Gasteiger partial charge in [0, 0.05) is 12.1 Å². The van der Waals surface area contributed by atoms with Crippen LogP contribution in [-0.2, 0) is 6.42 Å². The van der Waals surface area contributed by atoms with E-state index in [9.17, 15) is 8.78 Å². The molecule has 0 bridgehead atoms. The van der Waals surface area contributed by atoms with Crippen LogP contribution < -0.4 is 5.32 Å². The summed E-state index contributed by atoms with van der Waals surface area (Å²) in [6.45, 7) is 3.77. The van der Waals surface area contributed by atoms with Crippen LogP contribution in [0.5, 0.6) is 0 Å². The fourth-order valence-electron chi connectivity index (χ4n) is 2.09. The van der Waals surface area contributed by atoms with E-state index in [2.05, 4.69) is 21.2 Å². The first-order valence-corrected chi connectivity index (χ1v) is 6.70. The van der Waals surface area contributed by atoms with E-state index >= 15 is 0 Å². The van der Waals surface area contributed by atoms with Crippen molar-refractivity contribution in [1.29, 1.82) is 0 Å². The van der Waals surface area contributed by atoms with E-state index in [1.54, 1.807) is 0 Å². The van der Waals surface area contributed by atoms with Crippen LogP contribution in [0.25, 0.3) is 0 Å². The van der Waals surface area contributed by atoms with E-state index in [-0.39, 0.29) is 11.0 Å². The van der Waals surface area contributed by atoms with Gasteiger partial charge in [-0.3, -0.25) is 0 Å². The minimum absolute atomic E-state index is 0.0679. The van der Waals surface area contributed by atoms with Gasteiger partial charge in [-0.1, -0.05) is 6.92 Å². The molecule has 1 aliphatic rings. The Morgan fingerprint density at radius 3 is 2.65 bits per heavy atom. The zero-order chi connectivity index (χ0) is 12.5. The highest BCUT2D eigenvalue weighted by molar-refractivity contribution is 9.10. The number of nitrogens with one attached hydrogen (secondary N) is 1. The van der Waals surface area contributed by atoms with Crippen LogP contribution in [0, 0.1) is 17.0 Å². The third kappa shape index (κ3) is 2.86. The molecular formula is C13H16BrF2N. The lowest BCUT2D eigenvalue weighted by molar-refractivity contribution is 0.437. The predicted molar refractivity (Wildman–Crippen MR) is 68.0 cm³/mol. The van der Waals surface area contributed by atoms with Gasteiger partial charge in [0.1, 0.15) is 11.6 Å². The molecular weight excluding hydrogens is 288 g/mol. The van der Waals surface area contributed by atoms with E-state index in [1.807, 2.05) is 6.92 Å². The molecule has 94 valence electrons. The lowest BCUT2D eigenvalue weighted by atomic mass is 9.95. The predicted octanol–water partition coefficient (Wildman–Crippen LogP) is 3.66. The second-order valence-electron chi connectivity index (χ2n) is 4.78. The van der Waals surface area contributed by atoms with Gasteiger partial charge in [-0.25, -0.2) is 8.78 Å². The van der Waals surface area contributed by atoms with Gasteiger partial charge in [0.2, 0.25) is 0 Å². The summed E-state index contributed by atoms with van der Waals surface area (Å²) in [6, 6.07) is 2.74. The van der Waals surface area contributed by atoms with Crippen LogP contribution in [0.4, 0.5) is 8.78 Å². The quantitative estimate of drug-likeness (QED) is 0.819. The fourth-order valence-corrected chi connectivity index (χ4v) is 2.46. The van der Waals surface area contributed by atoms with E-state index in [0.717, 1.165) is 25.9 Å². The van der Waals surface area contributed by atoms with E-state index in [0.29, 0.717) is 10.9 Å². The summed E-state index contributed by atoms with van der Waals surface area (Å²) in [4.78, 5) is 0. The zero-order valence-corrected chi connectivity index (χ0v) is 11.4. The second kappa shape index (κ2) is 5.02. The molecule has 0 aromatic heterocycles. The Balaban J connectivity index is 2.16. The average molecular weight is 304 g/mol. The van der Waals surface area contributed by atoms with Crippen LogP contribution in [0.1, 0.15) is 25.3 Å². The number of hydrogen-bond donors (Lipinski definition) is 1. The largest absolute Gasteiger partial charge is 0.316 e. The minimum Gasteiger partial charge on any atom is -0.316 e. The Kier molecular flexibility index (Phi) is 3.83. The maximum Gasteiger partial charge on any atom is 0.143 e. The van der Waals surface area contributed by atoms with Gasteiger partial charge in [-0.2, -0.15) is 0 Å². The number of rotatable bonds is 5. The molecule has 0 unspecified atom stereocenters. The van der Waals surface area contributed by atoms with Gasteiger partial charge in [-0.05, 0) is 59.3 Å². The lowest BCUT2D eigenvalue weighted by Crippen LogP contribution is -2.25. The summed E-state index contributed by atoms with van der Waals surface area (Å²) in [5.74, 6) is -0.888. The normalized spacial score (nSPS) is 17.2. The zero-order valence-electron chi connectivity index (χ0n) is 9.82. The molecule has 0 atom stereocenters. The van der Waals surface area contributed by atoms with Crippen molar-refractivity contribution in [1.82, 2.24) is 5.32 Å². The van der Waals surface area contributed by atoms with Crippen LogP contribution in [-0.4, -0.2) is 13.1 Å². The van der Waals surface area contributed by atoms with Crippen molar-refractivity contribution < 1.29 is 8.78 Å². The summed E-state index contributed by atoms with van der Waals surface area (Å²) >= 11 is 3.10. The molecule has 1 aliphatic carbocycles. The minimum atomic E-state index is -0.451. The third-order valence-electron chi connectivity index (χ3n) is 3.40. The Hall–Kier alpha value is -0.480. The highest BCUT2D eigenvalue weighted by atomic mass is 79.9. The van der Waals surface area contributed by atoms with Crippen molar-refractivity contribution in [2.75, 3.05) is 13.1 Å². The molecule has 0 spiro atoms. The van der Waals surface area contributed by atoms with Gasteiger partial charge < -0.3 is 5.32 Å². The van der Waals surface area contributed by atoms with Crippen molar-refractivity contribution in [2.45, 2.75) is 26.2 Å². The second-order valence-corrected chi connectivity index (χ2v) is 5.63. The maximum absolute atomic E-state index is 13.8. The lowest BCUT2D eigenvalue weighted by Gasteiger charge is -2.16. The Morgan fingerprint density at radius 2 is 2.06 bits per heavy atom. The van der Waals surface area contributed by atoms with Crippen molar-refractivity contribution in [2.24, 2.45) is 5.41 Å². The van der Waals surface area contributed by atoms with Gasteiger partial charge in [-0.15, -0.1) is 0 Å². The van der Waals surface area contributed by atoms with Crippen molar-refractivity contribution in [3.63, 3.8) is 0 Å². The van der Waals surface area contributed by atoms with Crippen molar-refractivity contribution in [3.05, 3.63) is 33.8 Å². The number of halogens is 3. The molecule has 0 heterocycles. The molecule has 0 aliphatic heterocycles. The first-order valence-electron chi connectivity index (χ1n) is 5.91. The molecule has 0 radical (unpaired) electrons. The Bertz CT molecular complexity index is 416. The molecule has 1 aromatic carbocycles. The monoisotopic (exact) mass is 303 g/mol. The maximum atomic E-state index is 13.8. The van der Waals surface area contributed by atoms with Crippen molar-refractivity contribution >= 4 is 15.9 Å². The first-order chi connectivity index (χ1) is 8.08. The summed E-state index contributed by atoms with van der Waals surface area (Å²) in [6.07, 6.45) is 2.58. The highest BCUT2D eigenvalue weighted by Crippen LogP contribution is 2.48. The molecule has 1 nitrogen and oxygen atoms in total. The van der Waals surface area contributed by atoms with Gasteiger partial charge >= 0.3 is 0 Å². The molecule has 17 heavy (non-hydrogen) atoms. The summed E-state index contributed by atoms with van der Waals surface area (Å²) in [7, 11) is 0. The number of benzene rings is 1. The first kappa shape index (κ1) is 13.0. The Labute approximate surface area is 109 Å². The summed E-state index contributed by atoms with van der Waals surface area (Å²) in [5, 5.41) is 3.27. The average Bonchev–Trinajstić information content (AvgIpc) is 3.08. The smallest absolute Gasteiger partial charge is 0.143 e. The van der Waals surface area contributed by atoms with Crippen LogP contribution in [0.15, 0.2) is 16.6 Å². The highest BCUT2D eigenvalue weighted by Gasteiger charge is 2.43. The topological polar surface area (TPSA) is 12.0 Å². The standard InChI is InChI=1S/C13H16BrF2N/c1-2-17-8-13(5-6-13)7-9-11(15)4-3-10(14)12(9)16/h3-4,17H,2,5-8H2,1H3. The molecule has 0 saturated heterocycles. The molecule has 1 N–H and O–H groups in total. The SMILES string of the molecule is CCNCC1(Cc2c(F)ccc(Br)c2F)CC1. The Morgan fingerprint density at radius 1 is 1.35 bits per heavy atom.